The number of esters is 1. The number of hydrogen-bond donors (Lipinski definition) is 1. The molecule has 0 fully saturated rings. The number of aromatic nitrogens is 1. The lowest BCUT2D eigenvalue weighted by molar-refractivity contribution is 0.0597. The number of carbonyl (C=O) groups excluding carboxylic acids is 1. The molecule has 0 amide bonds. The van der Waals surface area contributed by atoms with E-state index in [2.05, 4.69) is 9.72 Å². The van der Waals surface area contributed by atoms with Crippen molar-refractivity contribution in [3.63, 3.8) is 0 Å². The fourth-order valence-corrected chi connectivity index (χ4v) is 5.64. The number of sulfone groups is 1. The minimum absolute atomic E-state index is 0.0309. The Morgan fingerprint density at radius 2 is 2.07 bits per heavy atom. The fourth-order valence-electron chi connectivity index (χ4n) is 2.46. The smallest absolute Gasteiger partial charge is 0.341 e. The molecule has 0 bridgehead atoms. The summed E-state index contributed by atoms with van der Waals surface area (Å²) < 4.78 is 30.5. The van der Waals surface area contributed by atoms with Crippen molar-refractivity contribution < 1.29 is 23.1 Å². The molecule has 0 saturated carbocycles. The first-order valence-electron chi connectivity index (χ1n) is 7.64. The lowest BCUT2D eigenvalue weighted by atomic mass is 10.1. The predicted molar refractivity (Wildman–Crippen MR) is 103 cm³/mol. The number of rotatable bonds is 5. The van der Waals surface area contributed by atoms with E-state index in [1.807, 2.05) is 0 Å². The molecule has 0 saturated heterocycles. The van der Waals surface area contributed by atoms with Crippen molar-refractivity contribution in [2.45, 2.75) is 9.96 Å². The Morgan fingerprint density at radius 1 is 1.30 bits per heavy atom. The van der Waals surface area contributed by atoms with Gasteiger partial charge in [0.05, 0.1) is 12.9 Å². The van der Waals surface area contributed by atoms with Crippen molar-refractivity contribution >= 4 is 38.7 Å². The molecule has 27 heavy (non-hydrogen) atoms. The maximum atomic E-state index is 12.7. The molecule has 0 aliphatic carbocycles. The topological polar surface area (TPSA) is 93.6 Å². The monoisotopic (exact) mass is 423 g/mol. The Balaban J connectivity index is 1.90. The van der Waals surface area contributed by atoms with Gasteiger partial charge in [-0.05, 0) is 29.8 Å². The number of hydrogen-bond acceptors (Lipinski definition) is 7. The van der Waals surface area contributed by atoms with Gasteiger partial charge >= 0.3 is 5.97 Å². The van der Waals surface area contributed by atoms with Crippen LogP contribution >= 0.6 is 22.9 Å². The van der Waals surface area contributed by atoms with Crippen molar-refractivity contribution in [1.29, 1.82) is 0 Å². The quantitative estimate of drug-likeness (QED) is 0.625. The van der Waals surface area contributed by atoms with Gasteiger partial charge in [0, 0.05) is 23.5 Å². The minimum Gasteiger partial charge on any atom is -0.507 e. The number of nitrogens with zero attached hydrogens (tertiary/aromatic N) is 1. The molecule has 3 aromatic rings. The number of benzene rings is 1. The van der Waals surface area contributed by atoms with E-state index < -0.39 is 15.8 Å². The van der Waals surface area contributed by atoms with E-state index in [4.69, 9.17) is 11.6 Å². The first-order valence-corrected chi connectivity index (χ1v) is 10.5. The van der Waals surface area contributed by atoms with Gasteiger partial charge in [0.25, 0.3) is 0 Å². The Hall–Kier alpha value is -2.42. The Kier molecular flexibility index (Phi) is 5.50. The van der Waals surface area contributed by atoms with E-state index in [0.29, 0.717) is 15.5 Å². The molecule has 0 unspecified atom stereocenters. The molecule has 0 atom stereocenters. The van der Waals surface area contributed by atoms with Crippen LogP contribution in [-0.4, -0.2) is 31.6 Å². The summed E-state index contributed by atoms with van der Waals surface area (Å²) in [5.41, 5.74) is 1.63. The van der Waals surface area contributed by atoms with Gasteiger partial charge in [0.2, 0.25) is 0 Å². The highest BCUT2D eigenvalue weighted by Crippen LogP contribution is 2.38. The minimum atomic E-state index is -3.69. The first-order chi connectivity index (χ1) is 12.8. The van der Waals surface area contributed by atoms with E-state index in [1.165, 1.54) is 31.4 Å². The zero-order valence-corrected chi connectivity index (χ0v) is 16.4. The predicted octanol–water partition coefficient (Wildman–Crippen LogP) is 3.93. The average Bonchev–Trinajstić information content (AvgIpc) is 3.04. The number of phenols is 1. The second-order valence-corrected chi connectivity index (χ2v) is 9.47. The average molecular weight is 424 g/mol. The van der Waals surface area contributed by atoms with Gasteiger partial charge in [-0.3, -0.25) is 4.98 Å². The van der Waals surface area contributed by atoms with Crippen LogP contribution in [0.2, 0.25) is 4.34 Å². The van der Waals surface area contributed by atoms with Crippen LogP contribution in [0.4, 0.5) is 0 Å². The van der Waals surface area contributed by atoms with Crippen LogP contribution in [0, 0.1) is 0 Å². The Labute approximate surface area is 164 Å². The van der Waals surface area contributed by atoms with E-state index in [9.17, 15) is 18.3 Å². The summed E-state index contributed by atoms with van der Waals surface area (Å²) in [6, 6.07) is 9.07. The number of carbonyl (C=O) groups is 1. The van der Waals surface area contributed by atoms with Crippen molar-refractivity contribution in [3.05, 3.63) is 64.3 Å². The lowest BCUT2D eigenvalue weighted by Gasteiger charge is -2.06. The Bertz CT molecular complexity index is 1090. The Morgan fingerprint density at radius 3 is 2.70 bits per heavy atom. The molecular weight excluding hydrogens is 410 g/mol. The number of pyridine rings is 1. The van der Waals surface area contributed by atoms with Crippen molar-refractivity contribution in [2.75, 3.05) is 7.11 Å². The van der Waals surface area contributed by atoms with E-state index in [0.717, 1.165) is 16.9 Å². The first kappa shape index (κ1) is 19.3. The van der Waals surface area contributed by atoms with E-state index in [-0.39, 0.29) is 21.3 Å². The zero-order valence-electron chi connectivity index (χ0n) is 14.0. The highest BCUT2D eigenvalue weighted by molar-refractivity contribution is 7.92. The third kappa shape index (κ3) is 4.13. The van der Waals surface area contributed by atoms with Crippen molar-refractivity contribution in [3.8, 4) is 16.9 Å². The van der Waals surface area contributed by atoms with Crippen LogP contribution in [0.5, 0.6) is 5.75 Å². The number of methoxy groups -OCH3 is 1. The number of thiophene rings is 1. The van der Waals surface area contributed by atoms with E-state index in [1.54, 1.807) is 24.5 Å². The van der Waals surface area contributed by atoms with Crippen LogP contribution in [0.15, 0.2) is 53.0 Å². The van der Waals surface area contributed by atoms with Gasteiger partial charge in [-0.25, -0.2) is 13.2 Å². The molecule has 6 nitrogen and oxygen atoms in total. The number of ether oxygens (including phenoxy) is 1. The SMILES string of the molecule is COC(=O)c1ccc(CS(=O)(=O)c2cc(-c3cccnc3)c(Cl)s2)cc1O. The molecule has 0 aliphatic heterocycles. The van der Waals surface area contributed by atoms with Gasteiger partial charge in [0.1, 0.15) is 19.9 Å². The van der Waals surface area contributed by atoms with Crippen molar-refractivity contribution in [2.24, 2.45) is 0 Å². The molecular formula is C18H14ClNO5S2. The van der Waals surface area contributed by atoms with Crippen LogP contribution in [0.3, 0.4) is 0 Å². The second kappa shape index (κ2) is 7.67. The summed E-state index contributed by atoms with van der Waals surface area (Å²) in [5.74, 6) is -1.38. The van der Waals surface area contributed by atoms with Crippen LogP contribution < -0.4 is 0 Å². The van der Waals surface area contributed by atoms with Gasteiger partial charge in [-0.2, -0.15) is 0 Å². The standard InChI is InChI=1S/C18H14ClNO5S2/c1-25-18(22)13-5-4-11(7-15(13)21)10-27(23,24)16-8-14(17(19)26-16)12-3-2-6-20-9-12/h2-9,21H,10H2,1H3. The molecule has 1 aromatic carbocycles. The maximum Gasteiger partial charge on any atom is 0.341 e. The number of halogens is 1. The molecule has 0 radical (unpaired) electrons. The van der Waals surface area contributed by atoms with Gasteiger partial charge in [-0.15, -0.1) is 11.3 Å². The molecule has 2 aromatic heterocycles. The highest BCUT2D eigenvalue weighted by Gasteiger charge is 2.22. The van der Waals surface area contributed by atoms with Crippen LogP contribution in [0.25, 0.3) is 11.1 Å². The highest BCUT2D eigenvalue weighted by atomic mass is 35.5. The number of phenolic OH excluding ortho intramolecular Hbond substituents is 1. The molecule has 140 valence electrons. The molecule has 1 N–H and O–H groups in total. The van der Waals surface area contributed by atoms with Crippen molar-refractivity contribution in [1.82, 2.24) is 4.98 Å². The summed E-state index contributed by atoms with van der Waals surface area (Å²) in [7, 11) is -2.50. The maximum absolute atomic E-state index is 12.7. The summed E-state index contributed by atoms with van der Waals surface area (Å²) in [4.78, 5) is 15.5. The lowest BCUT2D eigenvalue weighted by Crippen LogP contribution is -2.05. The number of aromatic hydroxyl groups is 1. The normalized spacial score (nSPS) is 11.3. The molecule has 9 heteroatoms. The van der Waals surface area contributed by atoms with Gasteiger partial charge in [-0.1, -0.05) is 23.7 Å². The van der Waals surface area contributed by atoms with Crippen LogP contribution in [-0.2, 0) is 20.3 Å². The summed E-state index contributed by atoms with van der Waals surface area (Å²) in [6.45, 7) is 0. The van der Waals surface area contributed by atoms with Crippen LogP contribution in [0.1, 0.15) is 15.9 Å². The largest absolute Gasteiger partial charge is 0.507 e. The molecule has 3 rings (SSSR count). The van der Waals surface area contributed by atoms with E-state index >= 15 is 0 Å². The van der Waals surface area contributed by atoms with Gasteiger partial charge in [0.15, 0.2) is 9.84 Å². The third-order valence-electron chi connectivity index (χ3n) is 3.77. The summed E-state index contributed by atoms with van der Waals surface area (Å²) in [5, 5.41) is 9.94. The summed E-state index contributed by atoms with van der Waals surface area (Å²) in [6.07, 6.45) is 3.22. The molecule has 0 spiro atoms. The second-order valence-electron chi connectivity index (χ2n) is 5.60. The molecule has 2 heterocycles. The zero-order chi connectivity index (χ0) is 19.6. The molecule has 0 aliphatic rings. The third-order valence-corrected chi connectivity index (χ3v) is 7.38. The summed E-state index contributed by atoms with van der Waals surface area (Å²) >= 11 is 7.18. The fraction of sp³-hybridized carbons (Fsp3) is 0.111. The van der Waals surface area contributed by atoms with Gasteiger partial charge < -0.3 is 9.84 Å².